The number of hydrogen-bond acceptors (Lipinski definition) is 8. The minimum atomic E-state index is -0.0663. The summed E-state index contributed by atoms with van der Waals surface area (Å²) in [4.78, 5) is 19.5. The molecule has 0 fully saturated rings. The third kappa shape index (κ3) is 7.99. The van der Waals surface area contributed by atoms with Gasteiger partial charge in [-0.3, -0.25) is 0 Å². The standard InChI is InChI=1S/C38H42N4O4/c1-23(2)43-35-21-19-29(37(41-35)45-25(5)6)33-17-11-15-31(39-33)27-13-9-10-14-28(27)32-16-12-18-34(40-32)30-20-22-36(44-24(3)4)42-38(30)46-26(7)8/h9-26H,1-8H3. The molecule has 0 atom stereocenters. The third-order valence-electron chi connectivity index (χ3n) is 6.61. The van der Waals surface area contributed by atoms with Crippen molar-refractivity contribution in [1.29, 1.82) is 0 Å². The number of rotatable bonds is 12. The van der Waals surface area contributed by atoms with Crippen molar-refractivity contribution in [2.24, 2.45) is 0 Å². The smallest absolute Gasteiger partial charge is 0.226 e. The minimum absolute atomic E-state index is 0.000783. The highest BCUT2D eigenvalue weighted by molar-refractivity contribution is 5.82. The molecule has 5 rings (SSSR count). The van der Waals surface area contributed by atoms with Gasteiger partial charge in [-0.25, -0.2) is 9.97 Å². The highest BCUT2D eigenvalue weighted by Crippen LogP contribution is 2.36. The van der Waals surface area contributed by atoms with E-state index in [-0.39, 0.29) is 24.4 Å². The van der Waals surface area contributed by atoms with Gasteiger partial charge in [-0.05, 0) is 91.8 Å². The van der Waals surface area contributed by atoms with E-state index in [1.54, 1.807) is 0 Å². The Balaban J connectivity index is 1.55. The Bertz CT molecular complexity index is 1660. The van der Waals surface area contributed by atoms with Crippen molar-refractivity contribution in [3.05, 3.63) is 84.9 Å². The summed E-state index contributed by atoms with van der Waals surface area (Å²) in [5.41, 5.74) is 6.59. The molecule has 0 radical (unpaired) electrons. The van der Waals surface area contributed by atoms with Crippen LogP contribution in [0.2, 0.25) is 0 Å². The third-order valence-corrected chi connectivity index (χ3v) is 6.61. The van der Waals surface area contributed by atoms with Crippen LogP contribution in [0, 0.1) is 0 Å². The molecule has 46 heavy (non-hydrogen) atoms. The fraction of sp³-hybridized carbons (Fsp3) is 0.316. The van der Waals surface area contributed by atoms with Gasteiger partial charge in [0.25, 0.3) is 0 Å². The van der Waals surface area contributed by atoms with Gasteiger partial charge < -0.3 is 18.9 Å². The van der Waals surface area contributed by atoms with Gasteiger partial charge in [0.1, 0.15) is 0 Å². The van der Waals surface area contributed by atoms with Crippen LogP contribution in [0.3, 0.4) is 0 Å². The molecule has 238 valence electrons. The molecule has 0 aliphatic heterocycles. The van der Waals surface area contributed by atoms with E-state index < -0.39 is 0 Å². The second-order valence-electron chi connectivity index (χ2n) is 12.0. The maximum atomic E-state index is 6.11. The van der Waals surface area contributed by atoms with Gasteiger partial charge in [-0.1, -0.05) is 36.4 Å². The predicted molar refractivity (Wildman–Crippen MR) is 182 cm³/mol. The Morgan fingerprint density at radius 1 is 0.348 bits per heavy atom. The largest absolute Gasteiger partial charge is 0.475 e. The molecule has 0 aliphatic carbocycles. The summed E-state index contributed by atoms with van der Waals surface area (Å²) in [6, 6.07) is 27.7. The normalized spacial score (nSPS) is 11.4. The second-order valence-corrected chi connectivity index (χ2v) is 12.0. The van der Waals surface area contributed by atoms with E-state index in [2.05, 4.69) is 22.1 Å². The quantitative estimate of drug-likeness (QED) is 0.137. The van der Waals surface area contributed by atoms with E-state index in [4.69, 9.17) is 28.9 Å². The fourth-order valence-electron chi connectivity index (χ4n) is 4.88. The number of pyridine rings is 4. The Morgan fingerprint density at radius 3 is 1.04 bits per heavy atom. The Morgan fingerprint density at radius 2 is 0.696 bits per heavy atom. The zero-order valence-corrected chi connectivity index (χ0v) is 27.8. The number of nitrogens with zero attached hydrogens (tertiary/aromatic N) is 4. The lowest BCUT2D eigenvalue weighted by Gasteiger charge is -2.17. The van der Waals surface area contributed by atoms with Gasteiger partial charge in [-0.2, -0.15) is 9.97 Å². The molecule has 0 unspecified atom stereocenters. The van der Waals surface area contributed by atoms with Crippen LogP contribution in [0.25, 0.3) is 45.0 Å². The predicted octanol–water partition coefficient (Wildman–Crippen LogP) is 9.08. The molecule has 5 aromatic rings. The first-order valence-electron chi connectivity index (χ1n) is 15.8. The summed E-state index contributed by atoms with van der Waals surface area (Å²) in [6.45, 7) is 15.8. The molecule has 1 aromatic carbocycles. The van der Waals surface area contributed by atoms with E-state index in [0.717, 1.165) is 45.0 Å². The Labute approximate surface area is 271 Å². The Hall–Kier alpha value is -4.98. The van der Waals surface area contributed by atoms with E-state index in [1.165, 1.54) is 0 Å². The second kappa shape index (κ2) is 14.4. The van der Waals surface area contributed by atoms with Crippen LogP contribution in [0.4, 0.5) is 0 Å². The number of aromatic nitrogens is 4. The minimum Gasteiger partial charge on any atom is -0.475 e. The van der Waals surface area contributed by atoms with Crippen molar-refractivity contribution >= 4 is 0 Å². The maximum Gasteiger partial charge on any atom is 0.226 e. The van der Waals surface area contributed by atoms with Crippen LogP contribution in [0.1, 0.15) is 55.4 Å². The molecular weight excluding hydrogens is 576 g/mol. The zero-order chi connectivity index (χ0) is 32.8. The van der Waals surface area contributed by atoms with Crippen LogP contribution in [-0.2, 0) is 0 Å². The van der Waals surface area contributed by atoms with Crippen molar-refractivity contribution in [2.75, 3.05) is 0 Å². The molecule has 8 heteroatoms. The SMILES string of the molecule is CC(C)Oc1ccc(-c2cccc(-c3ccccc3-c3cccc(-c4ccc(OC(C)C)nc4OC(C)C)n3)n2)c(OC(C)C)n1. The maximum absolute atomic E-state index is 6.11. The van der Waals surface area contributed by atoms with Gasteiger partial charge in [-0.15, -0.1) is 0 Å². The van der Waals surface area contributed by atoms with E-state index in [1.807, 2.05) is 128 Å². The van der Waals surface area contributed by atoms with Crippen LogP contribution >= 0.6 is 0 Å². The molecular formula is C38H42N4O4. The molecule has 8 nitrogen and oxygen atoms in total. The van der Waals surface area contributed by atoms with Crippen LogP contribution < -0.4 is 18.9 Å². The molecule has 0 saturated heterocycles. The van der Waals surface area contributed by atoms with E-state index >= 15 is 0 Å². The van der Waals surface area contributed by atoms with E-state index in [9.17, 15) is 0 Å². The molecule has 0 N–H and O–H groups in total. The molecule has 0 spiro atoms. The van der Waals surface area contributed by atoms with Crippen LogP contribution in [-0.4, -0.2) is 44.4 Å². The van der Waals surface area contributed by atoms with Gasteiger partial charge in [0.2, 0.25) is 23.5 Å². The average Bonchev–Trinajstić information content (AvgIpc) is 3.00. The molecule has 4 heterocycles. The highest BCUT2D eigenvalue weighted by Gasteiger charge is 2.18. The summed E-state index contributed by atoms with van der Waals surface area (Å²) in [7, 11) is 0. The lowest BCUT2D eigenvalue weighted by Crippen LogP contribution is -2.11. The number of ether oxygens (including phenoxy) is 4. The first kappa shape index (κ1) is 32.4. The zero-order valence-electron chi connectivity index (χ0n) is 27.8. The van der Waals surface area contributed by atoms with Crippen molar-refractivity contribution in [3.8, 4) is 68.5 Å². The fourth-order valence-corrected chi connectivity index (χ4v) is 4.88. The Kier molecular flexibility index (Phi) is 10.2. The molecule has 0 saturated carbocycles. The summed E-state index contributed by atoms with van der Waals surface area (Å²) in [6.07, 6.45) is -0.134. The monoisotopic (exact) mass is 618 g/mol. The summed E-state index contributed by atoms with van der Waals surface area (Å²) in [5.74, 6) is 2.00. The van der Waals surface area contributed by atoms with Crippen LogP contribution in [0.15, 0.2) is 84.9 Å². The van der Waals surface area contributed by atoms with Crippen molar-refractivity contribution in [2.45, 2.75) is 79.8 Å². The number of hydrogen-bond donors (Lipinski definition) is 0. The molecule has 0 amide bonds. The summed E-state index contributed by atoms with van der Waals surface area (Å²) in [5, 5.41) is 0. The summed E-state index contributed by atoms with van der Waals surface area (Å²) >= 11 is 0. The van der Waals surface area contributed by atoms with Gasteiger partial charge in [0, 0.05) is 23.3 Å². The number of benzene rings is 1. The molecule has 0 aliphatic rings. The van der Waals surface area contributed by atoms with Crippen molar-refractivity contribution < 1.29 is 18.9 Å². The first-order chi connectivity index (χ1) is 22.1. The lowest BCUT2D eigenvalue weighted by atomic mass is 9.99. The topological polar surface area (TPSA) is 88.5 Å². The van der Waals surface area contributed by atoms with Crippen molar-refractivity contribution in [3.63, 3.8) is 0 Å². The highest BCUT2D eigenvalue weighted by atomic mass is 16.5. The van der Waals surface area contributed by atoms with Gasteiger partial charge in [0.05, 0.1) is 58.3 Å². The van der Waals surface area contributed by atoms with Gasteiger partial charge in [0.15, 0.2) is 0 Å². The molecule has 4 aromatic heterocycles. The average molecular weight is 619 g/mol. The first-order valence-corrected chi connectivity index (χ1v) is 15.8. The molecule has 0 bridgehead atoms. The lowest BCUT2D eigenvalue weighted by molar-refractivity contribution is 0.211. The van der Waals surface area contributed by atoms with Crippen LogP contribution in [0.5, 0.6) is 23.5 Å². The van der Waals surface area contributed by atoms with Crippen molar-refractivity contribution in [1.82, 2.24) is 19.9 Å². The summed E-state index contributed by atoms with van der Waals surface area (Å²) < 4.78 is 23.9. The van der Waals surface area contributed by atoms with E-state index in [0.29, 0.717) is 23.5 Å². The van der Waals surface area contributed by atoms with Gasteiger partial charge >= 0.3 is 0 Å².